The van der Waals surface area contributed by atoms with Crippen molar-refractivity contribution in [3.8, 4) is 11.5 Å². The zero-order valence-electron chi connectivity index (χ0n) is 19.8. The van der Waals surface area contributed by atoms with Crippen molar-refractivity contribution in [1.82, 2.24) is 0 Å². The maximum atomic E-state index is 5.38. The van der Waals surface area contributed by atoms with E-state index in [1.807, 2.05) is 0 Å². The minimum Gasteiger partial charge on any atom is -0.382 e. The van der Waals surface area contributed by atoms with Crippen LogP contribution in [0.1, 0.15) is 119 Å². The molecule has 0 saturated carbocycles. The highest BCUT2D eigenvalue weighted by molar-refractivity contribution is 6.90. The summed E-state index contributed by atoms with van der Waals surface area (Å²) in [5, 5.41) is 0. The van der Waals surface area contributed by atoms with E-state index in [2.05, 4.69) is 59.9 Å². The lowest BCUT2D eigenvalue weighted by Crippen LogP contribution is -2.43. The second kappa shape index (κ2) is 16.7. The summed E-state index contributed by atoms with van der Waals surface area (Å²) in [5.74, 6) is 3.61. The molecule has 0 spiro atoms. The number of hydrogen-bond acceptors (Lipinski definition) is 1. The monoisotopic (exact) mass is 394 g/mol. The average Bonchev–Trinajstić information content (AvgIpc) is 2.60. The van der Waals surface area contributed by atoms with E-state index in [0.717, 1.165) is 36.3 Å². The molecular weight excluding hydrogens is 344 g/mol. The van der Waals surface area contributed by atoms with Crippen LogP contribution in [0, 0.1) is 11.5 Å². The highest BCUT2D eigenvalue weighted by Crippen LogP contribution is 2.40. The van der Waals surface area contributed by atoms with Crippen LogP contribution in [0.2, 0.25) is 16.6 Å². The van der Waals surface area contributed by atoms with Gasteiger partial charge >= 0.3 is 0 Å². The summed E-state index contributed by atoms with van der Waals surface area (Å²) in [6.45, 7) is 18.3. The third-order valence-corrected chi connectivity index (χ3v) is 12.6. The van der Waals surface area contributed by atoms with Crippen LogP contribution in [0.3, 0.4) is 0 Å². The summed E-state index contributed by atoms with van der Waals surface area (Å²) in [7, 11) is -1.50. The normalized spacial score (nSPS) is 12.1. The Bertz CT molecular complexity index is 367. The van der Waals surface area contributed by atoms with E-state index in [-0.39, 0.29) is 0 Å². The van der Waals surface area contributed by atoms with Gasteiger partial charge in [0.2, 0.25) is 0 Å². The van der Waals surface area contributed by atoms with Crippen molar-refractivity contribution >= 4 is 8.07 Å². The molecule has 0 heterocycles. The molecule has 0 rings (SSSR count). The molecule has 0 aromatic heterocycles. The Morgan fingerprint density at radius 2 is 1.04 bits per heavy atom. The first-order valence-corrected chi connectivity index (χ1v) is 14.2. The molecule has 0 aromatic carbocycles. The number of ether oxygens (including phenoxy) is 1. The van der Waals surface area contributed by atoms with Gasteiger partial charge in [0.25, 0.3) is 0 Å². The molecule has 0 amide bonds. The molecule has 0 aliphatic rings. The lowest BCUT2D eigenvalue weighted by Gasteiger charge is -2.38. The molecule has 1 nitrogen and oxygen atoms in total. The van der Waals surface area contributed by atoms with Crippen molar-refractivity contribution in [2.24, 2.45) is 0 Å². The Labute approximate surface area is 173 Å². The molecule has 0 atom stereocenters. The van der Waals surface area contributed by atoms with Gasteiger partial charge in [0.15, 0.2) is 0 Å². The molecule has 0 saturated heterocycles. The smallest absolute Gasteiger partial charge is 0.145 e. The predicted molar refractivity (Wildman–Crippen MR) is 126 cm³/mol. The van der Waals surface area contributed by atoms with Gasteiger partial charge in [-0.2, -0.15) is 0 Å². The third-order valence-electron chi connectivity index (χ3n) is 6.22. The molecular formula is C25H50OSi. The van der Waals surface area contributed by atoms with Gasteiger partial charge in [0.05, 0.1) is 0 Å². The van der Waals surface area contributed by atoms with Gasteiger partial charge in [-0.05, 0) is 36.4 Å². The fourth-order valence-corrected chi connectivity index (χ4v) is 9.92. The number of unbranched alkanes of at least 4 members (excludes halogenated alkanes) is 10. The summed E-state index contributed by atoms with van der Waals surface area (Å²) >= 11 is 0. The molecule has 0 fully saturated rings. The minimum atomic E-state index is -1.50. The summed E-state index contributed by atoms with van der Waals surface area (Å²) in [5.41, 5.74) is 6.12. The summed E-state index contributed by atoms with van der Waals surface area (Å²) < 4.78 is 5.38. The standard InChI is InChI=1S/C25H50OSi/c1-8-26-21-19-17-15-13-11-9-10-12-14-16-18-20-22-27(23(2)3,24(4)5)25(6)7/h23-25H,8-19,21H2,1-7H3. The van der Waals surface area contributed by atoms with Crippen LogP contribution in [0.15, 0.2) is 0 Å². The maximum Gasteiger partial charge on any atom is 0.145 e. The Morgan fingerprint density at radius 3 is 1.44 bits per heavy atom. The quantitative estimate of drug-likeness (QED) is 0.145. The zero-order chi connectivity index (χ0) is 20.5. The summed E-state index contributed by atoms with van der Waals surface area (Å²) in [6.07, 6.45) is 14.8. The number of hydrogen-bond donors (Lipinski definition) is 0. The molecule has 160 valence electrons. The Kier molecular flexibility index (Phi) is 16.5. The largest absolute Gasteiger partial charge is 0.382 e. The molecule has 0 bridgehead atoms. The Balaban J connectivity index is 3.76. The molecule has 0 radical (unpaired) electrons. The van der Waals surface area contributed by atoms with E-state index in [1.165, 1.54) is 64.2 Å². The summed E-state index contributed by atoms with van der Waals surface area (Å²) in [4.78, 5) is 0. The van der Waals surface area contributed by atoms with Crippen LogP contribution in [0.5, 0.6) is 0 Å². The highest BCUT2D eigenvalue weighted by Gasteiger charge is 2.41. The second-order valence-electron chi connectivity index (χ2n) is 9.18. The van der Waals surface area contributed by atoms with Crippen LogP contribution >= 0.6 is 0 Å². The van der Waals surface area contributed by atoms with Gasteiger partial charge in [0.1, 0.15) is 8.07 Å². The van der Waals surface area contributed by atoms with E-state index in [0.29, 0.717) is 0 Å². The van der Waals surface area contributed by atoms with Crippen LogP contribution in [-0.2, 0) is 4.74 Å². The molecule has 27 heavy (non-hydrogen) atoms. The lowest BCUT2D eigenvalue weighted by atomic mass is 10.1. The van der Waals surface area contributed by atoms with E-state index in [4.69, 9.17) is 4.74 Å². The lowest BCUT2D eigenvalue weighted by molar-refractivity contribution is 0.143. The van der Waals surface area contributed by atoms with Crippen molar-refractivity contribution < 1.29 is 4.74 Å². The fourth-order valence-electron chi connectivity index (χ4n) is 4.62. The zero-order valence-corrected chi connectivity index (χ0v) is 20.8. The average molecular weight is 395 g/mol. The molecule has 0 N–H and O–H groups in total. The Morgan fingerprint density at radius 1 is 0.630 bits per heavy atom. The van der Waals surface area contributed by atoms with E-state index >= 15 is 0 Å². The fraction of sp³-hybridized carbons (Fsp3) is 0.920. The van der Waals surface area contributed by atoms with Gasteiger partial charge in [-0.25, -0.2) is 0 Å². The first-order valence-electron chi connectivity index (χ1n) is 12.0. The van der Waals surface area contributed by atoms with Crippen LogP contribution in [-0.4, -0.2) is 21.3 Å². The van der Waals surface area contributed by atoms with Crippen LogP contribution in [0.4, 0.5) is 0 Å². The first kappa shape index (κ1) is 26.7. The van der Waals surface area contributed by atoms with Crippen molar-refractivity contribution in [2.75, 3.05) is 13.2 Å². The molecule has 0 aromatic rings. The van der Waals surface area contributed by atoms with E-state index in [9.17, 15) is 0 Å². The van der Waals surface area contributed by atoms with Crippen molar-refractivity contribution in [3.05, 3.63) is 0 Å². The van der Waals surface area contributed by atoms with Crippen LogP contribution < -0.4 is 0 Å². The van der Waals surface area contributed by atoms with Gasteiger partial charge in [0, 0.05) is 19.6 Å². The van der Waals surface area contributed by atoms with Gasteiger partial charge in [-0.15, -0.1) is 11.5 Å². The van der Waals surface area contributed by atoms with Gasteiger partial charge in [-0.3, -0.25) is 0 Å². The molecule has 0 aliphatic carbocycles. The summed E-state index contributed by atoms with van der Waals surface area (Å²) in [6, 6.07) is 0. The highest BCUT2D eigenvalue weighted by atomic mass is 28.3. The second-order valence-corrected chi connectivity index (χ2v) is 14.8. The van der Waals surface area contributed by atoms with E-state index in [1.54, 1.807) is 0 Å². The van der Waals surface area contributed by atoms with Crippen molar-refractivity contribution in [3.63, 3.8) is 0 Å². The minimum absolute atomic E-state index is 0.754. The number of rotatable bonds is 16. The van der Waals surface area contributed by atoms with Crippen molar-refractivity contribution in [1.29, 1.82) is 0 Å². The molecule has 0 unspecified atom stereocenters. The third kappa shape index (κ3) is 11.4. The van der Waals surface area contributed by atoms with Crippen LogP contribution in [0.25, 0.3) is 0 Å². The van der Waals surface area contributed by atoms with Crippen molar-refractivity contribution in [2.45, 2.75) is 136 Å². The topological polar surface area (TPSA) is 9.23 Å². The molecule has 0 aliphatic heterocycles. The first-order chi connectivity index (χ1) is 12.9. The molecule has 2 heteroatoms. The van der Waals surface area contributed by atoms with E-state index < -0.39 is 8.07 Å². The van der Waals surface area contributed by atoms with Gasteiger partial charge < -0.3 is 4.74 Å². The Hall–Kier alpha value is -0.263. The van der Waals surface area contributed by atoms with Gasteiger partial charge in [-0.1, -0.05) is 92.9 Å². The predicted octanol–water partition coefficient (Wildman–Crippen LogP) is 8.54. The maximum absolute atomic E-state index is 5.38. The SMILES string of the molecule is CCOCCCCCCCCCCCCC#C[Si](C(C)C)(C(C)C)C(C)C.